The molecule has 0 unspecified atom stereocenters. The molecule has 2 heteroatoms. The number of benzene rings is 2. The lowest BCUT2D eigenvalue weighted by atomic mass is 10.1. The zero-order chi connectivity index (χ0) is 13.0. The van der Waals surface area contributed by atoms with Gasteiger partial charge in [0.2, 0.25) is 0 Å². The van der Waals surface area contributed by atoms with Crippen molar-refractivity contribution in [2.45, 2.75) is 20.8 Å². The molecule has 92 valence electrons. The summed E-state index contributed by atoms with van der Waals surface area (Å²) in [4.78, 5) is 0. The van der Waals surface area contributed by atoms with Crippen LogP contribution in [0.2, 0.25) is 0 Å². The topological polar surface area (TPSA) is 24.4 Å². The molecular weight excluding hydrogens is 220 g/mol. The van der Waals surface area contributed by atoms with Gasteiger partial charge in [-0.15, -0.1) is 0 Å². The fourth-order valence-corrected chi connectivity index (χ4v) is 1.72. The first kappa shape index (κ1) is 12.4. The Bertz CT molecular complexity index is 571. The molecule has 0 aliphatic rings. The summed E-state index contributed by atoms with van der Waals surface area (Å²) in [5.74, 6) is 0. The summed E-state index contributed by atoms with van der Waals surface area (Å²) >= 11 is 0. The van der Waals surface area contributed by atoms with Crippen LogP contribution in [-0.2, 0) is 0 Å². The van der Waals surface area contributed by atoms with Crippen molar-refractivity contribution < 1.29 is 0 Å². The van der Waals surface area contributed by atoms with Crippen LogP contribution in [0.5, 0.6) is 0 Å². The Kier molecular flexibility index (Phi) is 3.78. The van der Waals surface area contributed by atoms with Gasteiger partial charge in [-0.1, -0.05) is 30.3 Å². The van der Waals surface area contributed by atoms with E-state index in [1.807, 2.05) is 24.4 Å². The molecule has 0 radical (unpaired) electrons. The van der Waals surface area contributed by atoms with Crippen LogP contribution in [0.1, 0.15) is 22.3 Å². The Morgan fingerprint density at radius 2 is 1.67 bits per heavy atom. The first-order valence-corrected chi connectivity index (χ1v) is 6.09. The predicted molar refractivity (Wildman–Crippen MR) is 78.3 cm³/mol. The molecule has 0 spiro atoms. The Hall–Kier alpha value is -2.09. The number of aryl methyl sites for hydroxylation is 3. The van der Waals surface area contributed by atoms with Crippen LogP contribution in [0.3, 0.4) is 0 Å². The summed E-state index contributed by atoms with van der Waals surface area (Å²) < 4.78 is 0. The third-order valence-corrected chi connectivity index (χ3v) is 3.09. The zero-order valence-electron chi connectivity index (χ0n) is 11.1. The number of rotatable bonds is 3. The molecule has 2 rings (SSSR count). The van der Waals surface area contributed by atoms with E-state index in [1.165, 1.54) is 16.7 Å². The predicted octanol–water partition coefficient (Wildman–Crippen LogP) is 4.06. The second-order valence-corrected chi connectivity index (χ2v) is 4.53. The second-order valence-electron chi connectivity index (χ2n) is 4.53. The van der Waals surface area contributed by atoms with Gasteiger partial charge in [-0.3, -0.25) is 5.43 Å². The van der Waals surface area contributed by atoms with Crippen LogP contribution in [0.4, 0.5) is 5.69 Å². The average molecular weight is 238 g/mol. The van der Waals surface area contributed by atoms with Gasteiger partial charge in [-0.25, -0.2) is 0 Å². The Morgan fingerprint density at radius 1 is 0.889 bits per heavy atom. The maximum Gasteiger partial charge on any atom is 0.0564 e. The van der Waals surface area contributed by atoms with E-state index in [4.69, 9.17) is 0 Å². The molecule has 0 saturated heterocycles. The Labute approximate surface area is 108 Å². The third kappa shape index (κ3) is 2.98. The SMILES string of the molecule is Cc1ccc(N/N=C/c2ccccc2C)cc1C. The summed E-state index contributed by atoms with van der Waals surface area (Å²) in [5.41, 5.74) is 9.00. The normalized spacial score (nSPS) is 10.8. The van der Waals surface area contributed by atoms with Crippen molar-refractivity contribution >= 4 is 11.9 Å². The maximum absolute atomic E-state index is 4.27. The van der Waals surface area contributed by atoms with Gasteiger partial charge >= 0.3 is 0 Å². The summed E-state index contributed by atoms with van der Waals surface area (Å²) in [6, 6.07) is 14.4. The minimum atomic E-state index is 1.02. The van der Waals surface area contributed by atoms with Gasteiger partial charge in [-0.05, 0) is 55.2 Å². The van der Waals surface area contributed by atoms with E-state index in [2.05, 4.69) is 55.6 Å². The molecule has 2 nitrogen and oxygen atoms in total. The first-order chi connectivity index (χ1) is 8.66. The van der Waals surface area contributed by atoms with Crippen molar-refractivity contribution in [3.05, 3.63) is 64.7 Å². The molecule has 0 amide bonds. The number of nitrogens with one attached hydrogen (secondary N) is 1. The molecule has 0 atom stereocenters. The fraction of sp³-hybridized carbons (Fsp3) is 0.188. The van der Waals surface area contributed by atoms with Crippen LogP contribution < -0.4 is 5.43 Å². The summed E-state index contributed by atoms with van der Waals surface area (Å²) in [7, 11) is 0. The monoisotopic (exact) mass is 238 g/mol. The smallest absolute Gasteiger partial charge is 0.0564 e. The van der Waals surface area contributed by atoms with E-state index in [0.717, 1.165) is 11.3 Å². The zero-order valence-corrected chi connectivity index (χ0v) is 11.1. The molecule has 2 aromatic carbocycles. The molecule has 0 heterocycles. The van der Waals surface area contributed by atoms with Gasteiger partial charge in [0.05, 0.1) is 11.9 Å². The van der Waals surface area contributed by atoms with Crippen LogP contribution >= 0.6 is 0 Å². The Morgan fingerprint density at radius 3 is 2.39 bits per heavy atom. The number of hydrogen-bond donors (Lipinski definition) is 1. The number of hydrogen-bond acceptors (Lipinski definition) is 2. The molecule has 0 aliphatic carbocycles. The van der Waals surface area contributed by atoms with Crippen LogP contribution in [0.25, 0.3) is 0 Å². The van der Waals surface area contributed by atoms with Crippen molar-refractivity contribution in [3.63, 3.8) is 0 Å². The third-order valence-electron chi connectivity index (χ3n) is 3.09. The average Bonchev–Trinajstić information content (AvgIpc) is 2.36. The lowest BCUT2D eigenvalue weighted by molar-refractivity contribution is 1.29. The van der Waals surface area contributed by atoms with Gasteiger partial charge in [0, 0.05) is 0 Å². The van der Waals surface area contributed by atoms with Crippen LogP contribution in [0.15, 0.2) is 47.6 Å². The van der Waals surface area contributed by atoms with E-state index in [0.29, 0.717) is 0 Å². The van der Waals surface area contributed by atoms with Gasteiger partial charge < -0.3 is 0 Å². The van der Waals surface area contributed by atoms with E-state index in [-0.39, 0.29) is 0 Å². The van der Waals surface area contributed by atoms with Gasteiger partial charge in [0.1, 0.15) is 0 Å². The highest BCUT2D eigenvalue weighted by Gasteiger charge is 1.95. The van der Waals surface area contributed by atoms with E-state index >= 15 is 0 Å². The van der Waals surface area contributed by atoms with E-state index in [1.54, 1.807) is 0 Å². The minimum Gasteiger partial charge on any atom is -0.278 e. The van der Waals surface area contributed by atoms with Crippen LogP contribution in [-0.4, -0.2) is 6.21 Å². The number of anilines is 1. The number of hydrazone groups is 1. The van der Waals surface area contributed by atoms with Crippen molar-refractivity contribution in [1.82, 2.24) is 0 Å². The standard InChI is InChI=1S/C16H18N2/c1-12-8-9-16(10-14(12)3)18-17-11-15-7-5-4-6-13(15)2/h4-11,18H,1-3H3/b17-11+. The summed E-state index contributed by atoms with van der Waals surface area (Å²) in [6.45, 7) is 6.29. The Balaban J connectivity index is 2.07. The van der Waals surface area contributed by atoms with Crippen molar-refractivity contribution in [2.75, 3.05) is 5.43 Å². The fourth-order valence-electron chi connectivity index (χ4n) is 1.72. The van der Waals surface area contributed by atoms with Gasteiger partial charge in [-0.2, -0.15) is 5.10 Å². The minimum absolute atomic E-state index is 1.02. The highest BCUT2D eigenvalue weighted by atomic mass is 15.3. The quantitative estimate of drug-likeness (QED) is 0.633. The van der Waals surface area contributed by atoms with Crippen molar-refractivity contribution in [2.24, 2.45) is 5.10 Å². The highest BCUT2D eigenvalue weighted by Crippen LogP contribution is 2.14. The van der Waals surface area contributed by atoms with Crippen LogP contribution in [0, 0.1) is 20.8 Å². The lowest BCUT2D eigenvalue weighted by Gasteiger charge is -2.04. The molecule has 0 aromatic heterocycles. The van der Waals surface area contributed by atoms with Gasteiger partial charge in [0.15, 0.2) is 0 Å². The second kappa shape index (κ2) is 5.50. The summed E-state index contributed by atoms with van der Waals surface area (Å²) in [6.07, 6.45) is 1.85. The maximum atomic E-state index is 4.27. The molecular formula is C16H18N2. The van der Waals surface area contributed by atoms with Crippen molar-refractivity contribution in [1.29, 1.82) is 0 Å². The number of nitrogens with zero attached hydrogens (tertiary/aromatic N) is 1. The molecule has 2 aromatic rings. The lowest BCUT2D eigenvalue weighted by Crippen LogP contribution is -1.93. The van der Waals surface area contributed by atoms with Crippen molar-refractivity contribution in [3.8, 4) is 0 Å². The summed E-state index contributed by atoms with van der Waals surface area (Å²) in [5, 5.41) is 4.27. The first-order valence-electron chi connectivity index (χ1n) is 6.09. The van der Waals surface area contributed by atoms with E-state index < -0.39 is 0 Å². The molecule has 0 bridgehead atoms. The largest absolute Gasteiger partial charge is 0.278 e. The highest BCUT2D eigenvalue weighted by molar-refractivity contribution is 5.82. The molecule has 1 N–H and O–H groups in total. The molecule has 0 saturated carbocycles. The van der Waals surface area contributed by atoms with Gasteiger partial charge in [0.25, 0.3) is 0 Å². The van der Waals surface area contributed by atoms with E-state index in [9.17, 15) is 0 Å². The molecule has 0 aliphatic heterocycles. The molecule has 0 fully saturated rings. The molecule has 18 heavy (non-hydrogen) atoms.